The van der Waals surface area contributed by atoms with Crippen molar-refractivity contribution < 1.29 is 19.1 Å². The smallest absolute Gasteiger partial charge is 0.335 e. The molecule has 0 aliphatic heterocycles. The fraction of sp³-hybridized carbons (Fsp3) is 0.0667. The summed E-state index contributed by atoms with van der Waals surface area (Å²) in [5.74, 6) is -1.91. The van der Waals surface area contributed by atoms with Crippen molar-refractivity contribution in [2.75, 3.05) is 0 Å². The molecule has 0 bridgehead atoms. The molecule has 0 heterocycles. The van der Waals surface area contributed by atoms with Gasteiger partial charge in [0.2, 0.25) is 0 Å². The van der Waals surface area contributed by atoms with Crippen LogP contribution in [0.15, 0.2) is 46.9 Å². The Balaban J connectivity index is 2.02. The lowest BCUT2D eigenvalue weighted by Crippen LogP contribution is -2.22. The second-order valence-electron chi connectivity index (χ2n) is 4.34. The van der Waals surface area contributed by atoms with Crippen LogP contribution in [-0.4, -0.2) is 17.0 Å². The Hall–Kier alpha value is -2.21. The maximum Gasteiger partial charge on any atom is 0.335 e. The molecule has 6 heteroatoms. The zero-order valence-corrected chi connectivity index (χ0v) is 12.4. The third kappa shape index (κ3) is 4.13. The molecule has 2 aromatic rings. The van der Waals surface area contributed by atoms with E-state index in [1.807, 2.05) is 0 Å². The number of hydrogen-bond donors (Lipinski definition) is 2. The van der Waals surface area contributed by atoms with E-state index in [-0.39, 0.29) is 17.7 Å². The van der Waals surface area contributed by atoms with Gasteiger partial charge in [0, 0.05) is 16.6 Å². The molecular formula is C15H11BrFNO3. The lowest BCUT2D eigenvalue weighted by Gasteiger charge is -2.06. The van der Waals surface area contributed by atoms with E-state index in [0.717, 1.165) is 11.6 Å². The number of carbonyl (C=O) groups is 2. The van der Waals surface area contributed by atoms with Gasteiger partial charge in [-0.15, -0.1) is 0 Å². The van der Waals surface area contributed by atoms with Crippen molar-refractivity contribution in [3.05, 3.63) is 69.4 Å². The highest BCUT2D eigenvalue weighted by Gasteiger charge is 2.08. The minimum Gasteiger partial charge on any atom is -0.478 e. The number of carbonyl (C=O) groups excluding carboxylic acids is 1. The Morgan fingerprint density at radius 1 is 1.10 bits per heavy atom. The average Bonchev–Trinajstić information content (AvgIpc) is 2.44. The molecule has 0 saturated carbocycles. The number of hydrogen-bond acceptors (Lipinski definition) is 2. The molecule has 21 heavy (non-hydrogen) atoms. The minimum atomic E-state index is -1.00. The predicted octanol–water partition coefficient (Wildman–Crippen LogP) is 3.22. The highest BCUT2D eigenvalue weighted by Crippen LogP contribution is 2.15. The third-order valence-electron chi connectivity index (χ3n) is 2.78. The summed E-state index contributed by atoms with van der Waals surface area (Å²) < 4.78 is 13.7. The van der Waals surface area contributed by atoms with Crippen molar-refractivity contribution in [1.29, 1.82) is 0 Å². The first kappa shape index (κ1) is 15.2. The normalized spacial score (nSPS) is 10.2. The van der Waals surface area contributed by atoms with Crippen LogP contribution in [0.2, 0.25) is 0 Å². The Morgan fingerprint density at radius 3 is 2.33 bits per heavy atom. The molecule has 0 saturated heterocycles. The van der Waals surface area contributed by atoms with Gasteiger partial charge in [-0.05, 0) is 35.9 Å². The molecule has 108 valence electrons. The molecule has 4 nitrogen and oxygen atoms in total. The molecule has 0 fully saturated rings. The van der Waals surface area contributed by atoms with Gasteiger partial charge in [0.05, 0.1) is 5.56 Å². The Kier molecular flexibility index (Phi) is 4.70. The summed E-state index contributed by atoms with van der Waals surface area (Å²) in [5.41, 5.74) is 1.15. The number of nitrogens with one attached hydrogen (secondary N) is 1. The van der Waals surface area contributed by atoms with Crippen LogP contribution in [0.1, 0.15) is 26.3 Å². The summed E-state index contributed by atoms with van der Waals surface area (Å²) in [4.78, 5) is 22.6. The van der Waals surface area contributed by atoms with Crippen LogP contribution < -0.4 is 5.32 Å². The van der Waals surface area contributed by atoms with Gasteiger partial charge < -0.3 is 10.4 Å². The van der Waals surface area contributed by atoms with Gasteiger partial charge in [-0.1, -0.05) is 28.1 Å². The quantitative estimate of drug-likeness (QED) is 0.888. The second kappa shape index (κ2) is 6.49. The Bertz CT molecular complexity index is 666. The SMILES string of the molecule is O=C(O)c1ccc(CNC(=O)c2cc(F)cc(Br)c2)cc1. The fourth-order valence-electron chi connectivity index (χ4n) is 1.73. The molecule has 0 unspecified atom stereocenters. The standard InChI is InChI=1S/C15H11BrFNO3/c16-12-5-11(6-13(17)7-12)14(19)18-8-9-1-3-10(4-2-9)15(20)21/h1-7H,8H2,(H,18,19)(H,20,21). The molecule has 2 N–H and O–H groups in total. The first-order chi connectivity index (χ1) is 9.95. The predicted molar refractivity (Wildman–Crippen MR) is 78.7 cm³/mol. The molecule has 2 aromatic carbocycles. The van der Waals surface area contributed by atoms with Gasteiger partial charge in [-0.25, -0.2) is 9.18 Å². The molecule has 0 aromatic heterocycles. The number of halogens is 2. The van der Waals surface area contributed by atoms with Gasteiger partial charge in [0.15, 0.2) is 0 Å². The summed E-state index contributed by atoms with van der Waals surface area (Å²) in [6, 6.07) is 10.1. The Morgan fingerprint density at radius 2 is 1.76 bits per heavy atom. The van der Waals surface area contributed by atoms with Gasteiger partial charge in [-0.2, -0.15) is 0 Å². The van der Waals surface area contributed by atoms with Crippen LogP contribution in [0, 0.1) is 5.82 Å². The highest BCUT2D eigenvalue weighted by molar-refractivity contribution is 9.10. The number of carboxylic acid groups (broad SMARTS) is 1. The van der Waals surface area contributed by atoms with Crippen LogP contribution in [0.4, 0.5) is 4.39 Å². The number of carboxylic acids is 1. The van der Waals surface area contributed by atoms with Crippen molar-refractivity contribution in [2.24, 2.45) is 0 Å². The largest absolute Gasteiger partial charge is 0.478 e. The molecule has 0 atom stereocenters. The van der Waals surface area contributed by atoms with E-state index in [2.05, 4.69) is 21.2 Å². The van der Waals surface area contributed by atoms with E-state index in [4.69, 9.17) is 5.11 Å². The molecular weight excluding hydrogens is 341 g/mol. The minimum absolute atomic E-state index is 0.180. The third-order valence-corrected chi connectivity index (χ3v) is 3.24. The molecule has 0 spiro atoms. The lowest BCUT2D eigenvalue weighted by atomic mass is 10.1. The van der Waals surface area contributed by atoms with E-state index in [0.29, 0.717) is 4.47 Å². The summed E-state index contributed by atoms with van der Waals surface area (Å²) in [6.45, 7) is 0.229. The average molecular weight is 352 g/mol. The number of rotatable bonds is 4. The van der Waals surface area contributed by atoms with E-state index in [9.17, 15) is 14.0 Å². The number of aromatic carboxylic acids is 1. The van der Waals surface area contributed by atoms with E-state index in [1.54, 1.807) is 12.1 Å². The zero-order valence-electron chi connectivity index (χ0n) is 10.8. The van der Waals surface area contributed by atoms with Gasteiger partial charge in [0.25, 0.3) is 5.91 Å². The summed E-state index contributed by atoms with van der Waals surface area (Å²) in [5, 5.41) is 11.4. The van der Waals surface area contributed by atoms with Crippen molar-refractivity contribution in [1.82, 2.24) is 5.32 Å². The van der Waals surface area contributed by atoms with E-state index >= 15 is 0 Å². The first-order valence-electron chi connectivity index (χ1n) is 6.02. The van der Waals surface area contributed by atoms with Gasteiger partial charge in [-0.3, -0.25) is 4.79 Å². The molecule has 0 aliphatic carbocycles. The van der Waals surface area contributed by atoms with Crippen LogP contribution in [0.25, 0.3) is 0 Å². The topological polar surface area (TPSA) is 66.4 Å². The highest BCUT2D eigenvalue weighted by atomic mass is 79.9. The summed E-state index contributed by atoms with van der Waals surface area (Å²) >= 11 is 3.12. The van der Waals surface area contributed by atoms with Crippen LogP contribution in [0.3, 0.4) is 0 Å². The molecule has 2 rings (SSSR count). The van der Waals surface area contributed by atoms with Crippen LogP contribution >= 0.6 is 15.9 Å². The Labute approximate surface area is 128 Å². The van der Waals surface area contributed by atoms with E-state index in [1.165, 1.54) is 24.3 Å². The zero-order chi connectivity index (χ0) is 15.4. The van der Waals surface area contributed by atoms with Crippen LogP contribution in [-0.2, 0) is 6.54 Å². The van der Waals surface area contributed by atoms with Gasteiger partial charge >= 0.3 is 5.97 Å². The van der Waals surface area contributed by atoms with E-state index < -0.39 is 17.7 Å². The van der Waals surface area contributed by atoms with Crippen molar-refractivity contribution >= 4 is 27.8 Å². The lowest BCUT2D eigenvalue weighted by molar-refractivity contribution is 0.0696. The molecule has 0 radical (unpaired) electrons. The summed E-state index contributed by atoms with van der Waals surface area (Å²) in [6.07, 6.45) is 0. The van der Waals surface area contributed by atoms with Crippen LogP contribution in [0.5, 0.6) is 0 Å². The monoisotopic (exact) mass is 351 g/mol. The second-order valence-corrected chi connectivity index (χ2v) is 5.26. The molecule has 1 amide bonds. The van der Waals surface area contributed by atoms with Crippen molar-refractivity contribution in [2.45, 2.75) is 6.54 Å². The fourth-order valence-corrected chi connectivity index (χ4v) is 2.20. The maximum absolute atomic E-state index is 13.2. The van der Waals surface area contributed by atoms with Crippen molar-refractivity contribution in [3.8, 4) is 0 Å². The summed E-state index contributed by atoms with van der Waals surface area (Å²) in [7, 11) is 0. The first-order valence-corrected chi connectivity index (χ1v) is 6.81. The maximum atomic E-state index is 13.2. The van der Waals surface area contributed by atoms with Crippen molar-refractivity contribution in [3.63, 3.8) is 0 Å². The number of benzene rings is 2. The van der Waals surface area contributed by atoms with Gasteiger partial charge in [0.1, 0.15) is 5.82 Å². The molecule has 0 aliphatic rings. The number of amides is 1.